The van der Waals surface area contributed by atoms with Crippen LogP contribution >= 0.6 is 0 Å². The first-order chi connectivity index (χ1) is 9.12. The van der Waals surface area contributed by atoms with E-state index in [1.807, 2.05) is 27.7 Å². The van der Waals surface area contributed by atoms with E-state index in [1.165, 1.54) is 13.0 Å². The van der Waals surface area contributed by atoms with Crippen molar-refractivity contribution < 1.29 is 18.5 Å². The molecule has 1 fully saturated rings. The number of carbonyl (C=O) groups excluding carboxylic acids is 1. The highest BCUT2D eigenvalue weighted by atomic mass is 19.1. The van der Waals surface area contributed by atoms with Gasteiger partial charge in [0.25, 0.3) is 0 Å². The van der Waals surface area contributed by atoms with Gasteiger partial charge in [0, 0.05) is 6.42 Å². The summed E-state index contributed by atoms with van der Waals surface area (Å²) in [4.78, 5) is 15.2. The molecule has 1 saturated heterocycles. The van der Waals surface area contributed by atoms with Gasteiger partial charge in [0.2, 0.25) is 5.95 Å². The number of Topliss-reactive ketones (excluding diaryl/α,β-unsaturated/α-hetero) is 1. The van der Waals surface area contributed by atoms with Crippen molar-refractivity contribution in [3.63, 3.8) is 0 Å². The topological polar surface area (TPSA) is 48.4 Å². The Balaban J connectivity index is 2.38. The molecular weight excluding hydrogens is 260 g/mol. The second-order valence-electron chi connectivity index (χ2n) is 6.15. The minimum atomic E-state index is -0.759. The molecule has 0 amide bonds. The fraction of sp³-hybridized carbons (Fsp3) is 0.571. The fourth-order valence-corrected chi connectivity index (χ4v) is 2.06. The average Bonchev–Trinajstić information content (AvgIpc) is 2.50. The molecule has 0 aliphatic carbocycles. The number of hydrogen-bond donors (Lipinski definition) is 0. The van der Waals surface area contributed by atoms with Crippen molar-refractivity contribution in [3.8, 4) is 0 Å². The normalized spacial score (nSPS) is 20.2. The maximum absolute atomic E-state index is 13.4. The first-order valence-electron chi connectivity index (χ1n) is 6.63. The second-order valence-corrected chi connectivity index (χ2v) is 6.15. The van der Waals surface area contributed by atoms with Crippen molar-refractivity contribution in [2.45, 2.75) is 52.2 Å². The van der Waals surface area contributed by atoms with E-state index in [-0.39, 0.29) is 12.2 Å². The van der Waals surface area contributed by atoms with Gasteiger partial charge in [-0.25, -0.2) is 4.98 Å². The van der Waals surface area contributed by atoms with Crippen LogP contribution in [0.15, 0.2) is 12.1 Å². The van der Waals surface area contributed by atoms with Gasteiger partial charge in [0.05, 0.1) is 16.8 Å². The Labute approximate surface area is 118 Å². The minimum absolute atomic E-state index is 0.0174. The summed E-state index contributed by atoms with van der Waals surface area (Å²) in [6.07, 6.45) is 0.187. The molecule has 20 heavy (non-hydrogen) atoms. The lowest BCUT2D eigenvalue weighted by Gasteiger charge is -2.32. The van der Waals surface area contributed by atoms with Gasteiger partial charge in [-0.15, -0.1) is 0 Å². The van der Waals surface area contributed by atoms with Crippen molar-refractivity contribution >= 4 is 18.5 Å². The van der Waals surface area contributed by atoms with Gasteiger partial charge in [-0.2, -0.15) is 4.39 Å². The van der Waals surface area contributed by atoms with Crippen LogP contribution in [0.4, 0.5) is 4.39 Å². The third-order valence-corrected chi connectivity index (χ3v) is 3.89. The molecule has 0 N–H and O–H groups in total. The van der Waals surface area contributed by atoms with Gasteiger partial charge in [0.15, 0.2) is 0 Å². The Bertz CT molecular complexity index is 529. The second kappa shape index (κ2) is 4.93. The number of hydrogen-bond acceptors (Lipinski definition) is 4. The number of pyridine rings is 1. The summed E-state index contributed by atoms with van der Waals surface area (Å²) in [6.45, 7) is 9.14. The third-order valence-electron chi connectivity index (χ3n) is 3.89. The van der Waals surface area contributed by atoms with Gasteiger partial charge in [0.1, 0.15) is 5.78 Å². The first kappa shape index (κ1) is 15.1. The van der Waals surface area contributed by atoms with Crippen molar-refractivity contribution in [1.29, 1.82) is 0 Å². The Morgan fingerprint density at radius 3 is 2.30 bits per heavy atom. The van der Waals surface area contributed by atoms with E-state index in [0.717, 1.165) is 0 Å². The van der Waals surface area contributed by atoms with Crippen LogP contribution in [0.25, 0.3) is 0 Å². The fourth-order valence-electron chi connectivity index (χ4n) is 2.06. The Morgan fingerprint density at radius 2 is 1.80 bits per heavy atom. The maximum Gasteiger partial charge on any atom is 0.514 e. The molecule has 0 saturated carbocycles. The smallest absolute Gasteiger partial charge is 0.398 e. The third kappa shape index (κ3) is 2.76. The van der Waals surface area contributed by atoms with E-state index in [1.54, 1.807) is 6.07 Å². The van der Waals surface area contributed by atoms with E-state index in [9.17, 15) is 9.18 Å². The zero-order chi connectivity index (χ0) is 15.1. The highest BCUT2D eigenvalue weighted by Crippen LogP contribution is 2.36. The zero-order valence-electron chi connectivity index (χ0n) is 12.5. The maximum atomic E-state index is 13.4. The van der Waals surface area contributed by atoms with Gasteiger partial charge in [-0.05, 0) is 46.2 Å². The Kier molecular flexibility index (Phi) is 3.73. The summed E-state index contributed by atoms with van der Waals surface area (Å²) in [5, 5.41) is 0. The molecule has 1 aromatic rings. The highest BCUT2D eigenvalue weighted by molar-refractivity contribution is 6.61. The number of nitrogens with zero attached hydrogens (tertiary/aromatic N) is 1. The number of ketones is 1. The molecule has 1 aliphatic heterocycles. The van der Waals surface area contributed by atoms with E-state index in [0.29, 0.717) is 11.2 Å². The number of carbonyl (C=O) groups is 1. The lowest BCUT2D eigenvalue weighted by molar-refractivity contribution is -0.116. The van der Waals surface area contributed by atoms with Gasteiger partial charge in [-0.1, -0.05) is 6.07 Å². The quantitative estimate of drug-likeness (QED) is 0.623. The van der Waals surface area contributed by atoms with Crippen LogP contribution < -0.4 is 5.59 Å². The zero-order valence-corrected chi connectivity index (χ0v) is 12.5. The summed E-state index contributed by atoms with van der Waals surface area (Å²) >= 11 is 0. The lowest BCUT2D eigenvalue weighted by atomic mass is 9.80. The molecule has 0 radical (unpaired) electrons. The first-order valence-corrected chi connectivity index (χ1v) is 6.63. The monoisotopic (exact) mass is 279 g/mol. The molecule has 0 bridgehead atoms. The summed E-state index contributed by atoms with van der Waals surface area (Å²) in [6, 6.07) is 2.80. The molecule has 2 heterocycles. The van der Waals surface area contributed by atoms with Crippen molar-refractivity contribution in [2.75, 3.05) is 0 Å². The standard InChI is InChI=1S/C14H19BFNO3/c1-9(18)8-10-6-7-11(16)17-12(10)15-19-13(2,3)14(4,5)20-15/h6-7H,8H2,1-5H3. The van der Waals surface area contributed by atoms with Crippen LogP contribution in [0.3, 0.4) is 0 Å². The largest absolute Gasteiger partial charge is 0.514 e. The molecule has 108 valence electrons. The van der Waals surface area contributed by atoms with Crippen LogP contribution in [0.5, 0.6) is 0 Å². The molecule has 0 atom stereocenters. The predicted molar refractivity (Wildman–Crippen MR) is 74.3 cm³/mol. The van der Waals surface area contributed by atoms with Gasteiger partial charge >= 0.3 is 7.12 Å². The van der Waals surface area contributed by atoms with Crippen molar-refractivity contribution in [1.82, 2.24) is 4.98 Å². The molecule has 6 heteroatoms. The molecule has 1 aromatic heterocycles. The summed E-state index contributed by atoms with van der Waals surface area (Å²) in [5.41, 5.74) is -0.0746. The number of rotatable bonds is 3. The number of aromatic nitrogens is 1. The number of halogens is 1. The van der Waals surface area contributed by atoms with Crippen LogP contribution in [0.1, 0.15) is 40.2 Å². The lowest BCUT2D eigenvalue weighted by Crippen LogP contribution is -2.41. The van der Waals surface area contributed by atoms with Crippen LogP contribution in [0, 0.1) is 5.95 Å². The van der Waals surface area contributed by atoms with E-state index >= 15 is 0 Å². The minimum Gasteiger partial charge on any atom is -0.398 e. The molecule has 4 nitrogen and oxygen atoms in total. The van der Waals surface area contributed by atoms with Crippen molar-refractivity contribution in [2.24, 2.45) is 0 Å². The Hall–Kier alpha value is -1.27. The van der Waals surface area contributed by atoms with Gasteiger partial charge < -0.3 is 9.31 Å². The molecule has 0 spiro atoms. The van der Waals surface area contributed by atoms with E-state index in [4.69, 9.17) is 9.31 Å². The summed E-state index contributed by atoms with van der Waals surface area (Å²) < 4.78 is 25.1. The summed E-state index contributed by atoms with van der Waals surface area (Å²) in [7, 11) is -0.759. The molecule has 2 rings (SSSR count). The summed E-state index contributed by atoms with van der Waals surface area (Å²) in [5.74, 6) is -0.627. The molecular formula is C14H19BFNO3. The van der Waals surface area contributed by atoms with E-state index < -0.39 is 24.3 Å². The average molecular weight is 279 g/mol. The predicted octanol–water partition coefficient (Wildman–Crippen LogP) is 1.65. The highest BCUT2D eigenvalue weighted by Gasteiger charge is 2.53. The van der Waals surface area contributed by atoms with Crippen LogP contribution in [-0.2, 0) is 20.5 Å². The van der Waals surface area contributed by atoms with Crippen LogP contribution in [-0.4, -0.2) is 29.1 Å². The van der Waals surface area contributed by atoms with E-state index in [2.05, 4.69) is 4.98 Å². The van der Waals surface area contributed by atoms with Gasteiger partial charge in [-0.3, -0.25) is 4.79 Å². The SMILES string of the molecule is CC(=O)Cc1ccc(F)nc1B1OC(C)(C)C(C)(C)O1. The Morgan fingerprint density at radius 1 is 1.25 bits per heavy atom. The van der Waals surface area contributed by atoms with Crippen molar-refractivity contribution in [3.05, 3.63) is 23.6 Å². The van der Waals surface area contributed by atoms with Crippen LogP contribution in [0.2, 0.25) is 0 Å². The molecule has 0 aromatic carbocycles. The molecule has 1 aliphatic rings. The molecule has 0 unspecified atom stereocenters.